The van der Waals surface area contributed by atoms with Gasteiger partial charge in [-0.05, 0) is 43.7 Å². The van der Waals surface area contributed by atoms with Gasteiger partial charge in [-0.15, -0.1) is 0 Å². The van der Waals surface area contributed by atoms with Gasteiger partial charge in [-0.1, -0.05) is 17.7 Å². The van der Waals surface area contributed by atoms with Crippen LogP contribution in [0.5, 0.6) is 0 Å². The van der Waals surface area contributed by atoms with Crippen LogP contribution in [0, 0.1) is 13.8 Å². The Balaban J connectivity index is 1.96. The number of nitrogens with zero attached hydrogens (tertiary/aromatic N) is 1. The van der Waals surface area contributed by atoms with E-state index in [1.807, 2.05) is 26.0 Å². The molecular weight excluding hydrogens is 328 g/mol. The lowest BCUT2D eigenvalue weighted by Crippen LogP contribution is -2.24. The highest BCUT2D eigenvalue weighted by atomic mass is 32.2. The third-order valence-electron chi connectivity index (χ3n) is 4.03. The van der Waals surface area contributed by atoms with Crippen molar-refractivity contribution in [3.63, 3.8) is 0 Å². The molecule has 2 aromatic rings. The van der Waals surface area contributed by atoms with E-state index in [1.54, 1.807) is 6.07 Å². The lowest BCUT2D eigenvalue weighted by atomic mass is 10.1. The van der Waals surface area contributed by atoms with Crippen molar-refractivity contribution in [3.8, 4) is 0 Å². The van der Waals surface area contributed by atoms with E-state index < -0.39 is 21.8 Å². The van der Waals surface area contributed by atoms with E-state index in [1.165, 1.54) is 25.2 Å². The summed E-state index contributed by atoms with van der Waals surface area (Å²) in [5, 5.41) is 2.76. The van der Waals surface area contributed by atoms with Crippen LogP contribution < -0.4 is 5.32 Å². The minimum atomic E-state index is -3.87. The second-order valence-corrected chi connectivity index (χ2v) is 7.70. The highest BCUT2D eigenvalue weighted by molar-refractivity contribution is 7.90. The summed E-state index contributed by atoms with van der Waals surface area (Å²) in [6.45, 7) is 3.83. The van der Waals surface area contributed by atoms with Crippen molar-refractivity contribution in [2.24, 2.45) is 0 Å². The fourth-order valence-electron chi connectivity index (χ4n) is 2.63. The molecule has 0 spiro atoms. The van der Waals surface area contributed by atoms with Crippen LogP contribution >= 0.6 is 0 Å². The molecule has 2 aromatic carbocycles. The number of benzene rings is 2. The van der Waals surface area contributed by atoms with Gasteiger partial charge in [-0.2, -0.15) is 0 Å². The van der Waals surface area contributed by atoms with Gasteiger partial charge in [0, 0.05) is 18.3 Å². The molecule has 0 fully saturated rings. The molecule has 0 unspecified atom stereocenters. The van der Waals surface area contributed by atoms with Crippen LogP contribution in [0.25, 0.3) is 0 Å². The Labute approximate surface area is 140 Å². The molecule has 1 aliphatic rings. The van der Waals surface area contributed by atoms with Gasteiger partial charge >= 0.3 is 0 Å². The van der Waals surface area contributed by atoms with E-state index in [0.29, 0.717) is 9.99 Å². The molecule has 0 atom stereocenters. The van der Waals surface area contributed by atoms with E-state index in [-0.39, 0.29) is 16.0 Å². The van der Waals surface area contributed by atoms with Crippen molar-refractivity contribution >= 4 is 27.5 Å². The SMILES string of the molecule is Cc1ccc(NC(=O)c2ccc3c(c2)S(=O)(=O)N(C)C3=O)c(C)c1. The molecule has 24 heavy (non-hydrogen) atoms. The van der Waals surface area contributed by atoms with Crippen molar-refractivity contribution < 1.29 is 18.0 Å². The first-order valence-electron chi connectivity index (χ1n) is 7.28. The predicted octanol–water partition coefficient (Wildman–Crippen LogP) is 2.33. The monoisotopic (exact) mass is 344 g/mol. The van der Waals surface area contributed by atoms with E-state index in [4.69, 9.17) is 0 Å². The van der Waals surface area contributed by atoms with Crippen LogP contribution in [0.4, 0.5) is 5.69 Å². The smallest absolute Gasteiger partial charge is 0.268 e. The van der Waals surface area contributed by atoms with Gasteiger partial charge in [0.2, 0.25) is 0 Å². The third kappa shape index (κ3) is 2.46. The van der Waals surface area contributed by atoms with E-state index in [9.17, 15) is 18.0 Å². The quantitative estimate of drug-likeness (QED) is 0.906. The summed E-state index contributed by atoms with van der Waals surface area (Å²) >= 11 is 0. The molecular formula is C17H16N2O4S. The third-order valence-corrected chi connectivity index (χ3v) is 5.81. The molecule has 0 saturated heterocycles. The van der Waals surface area contributed by atoms with Crippen LogP contribution in [0.15, 0.2) is 41.3 Å². The number of rotatable bonds is 2. The molecule has 124 valence electrons. The first-order valence-corrected chi connectivity index (χ1v) is 8.72. The van der Waals surface area contributed by atoms with Crippen molar-refractivity contribution in [3.05, 3.63) is 58.7 Å². The molecule has 1 N–H and O–H groups in total. The van der Waals surface area contributed by atoms with Gasteiger partial charge < -0.3 is 5.32 Å². The van der Waals surface area contributed by atoms with Gasteiger partial charge in [0.25, 0.3) is 21.8 Å². The van der Waals surface area contributed by atoms with Crippen LogP contribution in [0.2, 0.25) is 0 Å². The van der Waals surface area contributed by atoms with Gasteiger partial charge in [-0.3, -0.25) is 9.59 Å². The lowest BCUT2D eigenvalue weighted by Gasteiger charge is -2.10. The van der Waals surface area contributed by atoms with Crippen LogP contribution in [0.3, 0.4) is 0 Å². The maximum absolute atomic E-state index is 12.4. The molecule has 7 heteroatoms. The molecule has 1 heterocycles. The summed E-state index contributed by atoms with van der Waals surface area (Å²) in [4.78, 5) is 24.2. The van der Waals surface area contributed by atoms with Crippen molar-refractivity contribution in [2.45, 2.75) is 18.7 Å². The Morgan fingerprint density at radius 3 is 2.46 bits per heavy atom. The molecule has 0 bridgehead atoms. The normalized spacial score (nSPS) is 15.3. The van der Waals surface area contributed by atoms with E-state index in [2.05, 4.69) is 5.32 Å². The molecule has 1 aliphatic heterocycles. The lowest BCUT2D eigenvalue weighted by molar-refractivity contribution is 0.0890. The molecule has 6 nitrogen and oxygen atoms in total. The summed E-state index contributed by atoms with van der Waals surface area (Å²) in [5.74, 6) is -1.02. The Morgan fingerprint density at radius 2 is 1.79 bits per heavy atom. The van der Waals surface area contributed by atoms with Crippen LogP contribution in [-0.2, 0) is 10.0 Å². The van der Waals surface area contributed by atoms with E-state index in [0.717, 1.165) is 11.1 Å². The van der Waals surface area contributed by atoms with E-state index >= 15 is 0 Å². The topological polar surface area (TPSA) is 83.6 Å². The molecule has 0 aliphatic carbocycles. The second-order valence-electron chi connectivity index (χ2n) is 5.76. The fourth-order valence-corrected chi connectivity index (χ4v) is 3.95. The number of carbonyl (C=O) groups is 2. The zero-order valence-electron chi connectivity index (χ0n) is 13.5. The Kier molecular flexibility index (Phi) is 3.68. The molecule has 3 rings (SSSR count). The summed E-state index contributed by atoms with van der Waals surface area (Å²) in [7, 11) is -2.67. The van der Waals surface area contributed by atoms with Crippen LogP contribution in [-0.4, -0.2) is 31.6 Å². The Morgan fingerprint density at radius 1 is 1.08 bits per heavy atom. The predicted molar refractivity (Wildman–Crippen MR) is 89.6 cm³/mol. The summed E-state index contributed by atoms with van der Waals surface area (Å²) in [6, 6.07) is 9.68. The first-order chi connectivity index (χ1) is 11.2. The van der Waals surface area contributed by atoms with Gasteiger partial charge in [0.05, 0.1) is 5.56 Å². The van der Waals surface area contributed by atoms with Crippen LogP contribution in [0.1, 0.15) is 31.8 Å². The average molecular weight is 344 g/mol. The fraction of sp³-hybridized carbons (Fsp3) is 0.176. The van der Waals surface area contributed by atoms with Crippen molar-refractivity contribution in [1.29, 1.82) is 0 Å². The molecule has 0 aromatic heterocycles. The average Bonchev–Trinajstić information content (AvgIpc) is 2.71. The number of hydrogen-bond acceptors (Lipinski definition) is 4. The standard InChI is InChI=1S/C17H16N2O4S/c1-10-4-7-14(11(2)8-10)18-16(20)12-5-6-13-15(9-12)24(22,23)19(3)17(13)21/h4-9H,1-3H3,(H,18,20). The number of aryl methyl sites for hydroxylation is 2. The number of amides is 2. The highest BCUT2D eigenvalue weighted by Gasteiger charge is 2.38. The highest BCUT2D eigenvalue weighted by Crippen LogP contribution is 2.30. The Bertz CT molecular complexity index is 980. The number of fused-ring (bicyclic) bond motifs is 1. The second kappa shape index (κ2) is 5.45. The summed E-state index contributed by atoms with van der Waals surface area (Å²) in [6.07, 6.45) is 0. The van der Waals surface area contributed by atoms with Crippen molar-refractivity contribution in [2.75, 3.05) is 12.4 Å². The molecule has 0 radical (unpaired) electrons. The minimum Gasteiger partial charge on any atom is -0.322 e. The summed E-state index contributed by atoms with van der Waals surface area (Å²) in [5.41, 5.74) is 2.91. The largest absolute Gasteiger partial charge is 0.322 e. The number of carbonyl (C=O) groups excluding carboxylic acids is 2. The van der Waals surface area contributed by atoms with Gasteiger partial charge in [0.1, 0.15) is 4.90 Å². The molecule has 0 saturated carbocycles. The number of anilines is 1. The number of sulfonamides is 1. The first kappa shape index (κ1) is 16.2. The number of nitrogens with one attached hydrogen (secondary N) is 1. The number of hydrogen-bond donors (Lipinski definition) is 1. The maximum atomic E-state index is 12.4. The molecule has 2 amide bonds. The maximum Gasteiger partial charge on any atom is 0.268 e. The zero-order valence-corrected chi connectivity index (χ0v) is 14.3. The zero-order chi connectivity index (χ0) is 17.6. The van der Waals surface area contributed by atoms with Crippen molar-refractivity contribution in [1.82, 2.24) is 4.31 Å². The minimum absolute atomic E-state index is 0.0839. The van der Waals surface area contributed by atoms with Gasteiger partial charge in [0.15, 0.2) is 0 Å². The Hall–Kier alpha value is -2.67. The van der Waals surface area contributed by atoms with Gasteiger partial charge in [-0.25, -0.2) is 12.7 Å². The summed E-state index contributed by atoms with van der Waals surface area (Å²) < 4.78 is 25.1.